The maximum atomic E-state index is 9.29. The fourth-order valence-electron chi connectivity index (χ4n) is 1.76. The molecule has 1 heterocycles. The van der Waals surface area contributed by atoms with E-state index in [9.17, 15) is 5.11 Å². The first-order valence-corrected chi connectivity index (χ1v) is 7.61. The number of hydrogen-bond donors (Lipinski definition) is 1. The van der Waals surface area contributed by atoms with E-state index in [2.05, 4.69) is 22.1 Å². The second-order valence-electron chi connectivity index (χ2n) is 4.38. The largest absolute Gasteiger partial charge is 0.508 e. The average molecular weight is 290 g/mol. The van der Waals surface area contributed by atoms with Crippen molar-refractivity contribution in [2.45, 2.75) is 30.8 Å². The number of rotatable bonds is 8. The number of aromatic nitrogens is 4. The molecule has 1 N–H and O–H groups in total. The number of benzene rings is 1. The van der Waals surface area contributed by atoms with Gasteiger partial charge in [0.05, 0.1) is 5.69 Å². The van der Waals surface area contributed by atoms with E-state index in [1.165, 1.54) is 12.8 Å². The third-order valence-electron chi connectivity index (χ3n) is 2.82. The maximum Gasteiger partial charge on any atom is 0.214 e. The van der Waals surface area contributed by atoms with E-state index in [4.69, 9.17) is 0 Å². The number of allylic oxidation sites excluding steroid dienone is 1. The standard InChI is InChI=1S/C14H18N4OS/c1-2-3-4-5-6-11-20-14-15-16-17-18(14)12-7-9-13(19)10-8-12/h2,7-10,19H,1,3-6,11H2. The van der Waals surface area contributed by atoms with E-state index in [-0.39, 0.29) is 5.75 Å². The summed E-state index contributed by atoms with van der Waals surface area (Å²) in [4.78, 5) is 0. The van der Waals surface area contributed by atoms with E-state index >= 15 is 0 Å². The molecule has 1 aromatic heterocycles. The van der Waals surface area contributed by atoms with Gasteiger partial charge in [-0.2, -0.15) is 4.68 Å². The summed E-state index contributed by atoms with van der Waals surface area (Å²) in [5.74, 6) is 1.23. The lowest BCUT2D eigenvalue weighted by atomic mass is 10.2. The quantitative estimate of drug-likeness (QED) is 0.459. The second kappa shape index (κ2) is 7.69. The Morgan fingerprint density at radius 3 is 2.75 bits per heavy atom. The third kappa shape index (κ3) is 4.09. The molecule has 0 unspecified atom stereocenters. The molecule has 0 spiro atoms. The lowest BCUT2D eigenvalue weighted by Crippen LogP contribution is -1.99. The van der Waals surface area contributed by atoms with Crippen LogP contribution in [0.4, 0.5) is 0 Å². The van der Waals surface area contributed by atoms with Gasteiger partial charge in [-0.3, -0.25) is 0 Å². The first-order valence-electron chi connectivity index (χ1n) is 6.63. The SMILES string of the molecule is C=CCCCCCSc1nnnn1-c1ccc(O)cc1. The molecule has 0 fully saturated rings. The van der Waals surface area contributed by atoms with E-state index in [1.54, 1.807) is 40.7 Å². The molecule has 0 saturated heterocycles. The number of thioether (sulfide) groups is 1. The van der Waals surface area contributed by atoms with Crippen LogP contribution in [0.2, 0.25) is 0 Å². The fraction of sp³-hybridized carbons (Fsp3) is 0.357. The van der Waals surface area contributed by atoms with Crippen LogP contribution in [0.1, 0.15) is 25.7 Å². The normalized spacial score (nSPS) is 10.6. The van der Waals surface area contributed by atoms with Crippen molar-refractivity contribution < 1.29 is 5.11 Å². The Kier molecular flexibility index (Phi) is 5.61. The Morgan fingerprint density at radius 1 is 1.20 bits per heavy atom. The van der Waals surface area contributed by atoms with Crippen LogP contribution in [-0.2, 0) is 0 Å². The Bertz CT molecular complexity index is 538. The predicted octanol–water partition coefficient (Wildman–Crippen LogP) is 3.21. The van der Waals surface area contributed by atoms with Gasteiger partial charge in [-0.25, -0.2) is 0 Å². The van der Waals surface area contributed by atoms with Crippen LogP contribution < -0.4 is 0 Å². The summed E-state index contributed by atoms with van der Waals surface area (Å²) < 4.78 is 1.69. The van der Waals surface area contributed by atoms with Gasteiger partial charge in [0.1, 0.15) is 5.75 Å². The highest BCUT2D eigenvalue weighted by Gasteiger charge is 2.08. The minimum absolute atomic E-state index is 0.234. The molecule has 0 atom stereocenters. The summed E-state index contributed by atoms with van der Waals surface area (Å²) in [7, 11) is 0. The molecule has 6 heteroatoms. The van der Waals surface area contributed by atoms with E-state index in [0.29, 0.717) is 0 Å². The number of aromatic hydroxyl groups is 1. The van der Waals surface area contributed by atoms with Crippen LogP contribution in [0.15, 0.2) is 42.1 Å². The van der Waals surface area contributed by atoms with Crippen LogP contribution in [0.5, 0.6) is 5.75 Å². The molecule has 0 radical (unpaired) electrons. The zero-order valence-electron chi connectivity index (χ0n) is 11.3. The highest BCUT2D eigenvalue weighted by atomic mass is 32.2. The Morgan fingerprint density at radius 2 is 2.00 bits per heavy atom. The van der Waals surface area contributed by atoms with Crippen molar-refractivity contribution in [2.75, 3.05) is 5.75 Å². The molecule has 0 bridgehead atoms. The van der Waals surface area contributed by atoms with Crippen molar-refractivity contribution in [3.05, 3.63) is 36.9 Å². The summed E-state index contributed by atoms with van der Waals surface area (Å²) in [5.41, 5.74) is 0.849. The Labute approximate surface area is 122 Å². The summed E-state index contributed by atoms with van der Waals surface area (Å²) in [5, 5.41) is 21.8. The molecule has 0 aliphatic carbocycles. The predicted molar refractivity (Wildman–Crippen MR) is 80.2 cm³/mol. The summed E-state index contributed by atoms with van der Waals surface area (Å²) in [6.45, 7) is 3.72. The van der Waals surface area contributed by atoms with Crippen molar-refractivity contribution in [1.29, 1.82) is 0 Å². The van der Waals surface area contributed by atoms with Gasteiger partial charge in [-0.05, 0) is 54.0 Å². The monoisotopic (exact) mass is 290 g/mol. The molecule has 0 amide bonds. The Hall–Kier alpha value is -1.82. The Balaban J connectivity index is 1.88. The molecule has 0 saturated carbocycles. The van der Waals surface area contributed by atoms with Crippen molar-refractivity contribution in [3.8, 4) is 11.4 Å². The molecule has 0 aliphatic rings. The van der Waals surface area contributed by atoms with Gasteiger partial charge in [0, 0.05) is 5.75 Å². The highest BCUT2D eigenvalue weighted by molar-refractivity contribution is 7.99. The zero-order valence-corrected chi connectivity index (χ0v) is 12.1. The molecular formula is C14H18N4OS. The summed E-state index contributed by atoms with van der Waals surface area (Å²) in [6, 6.07) is 6.83. The van der Waals surface area contributed by atoms with Crippen LogP contribution in [-0.4, -0.2) is 31.1 Å². The number of hydrogen-bond acceptors (Lipinski definition) is 5. The minimum atomic E-state index is 0.234. The molecule has 5 nitrogen and oxygen atoms in total. The van der Waals surface area contributed by atoms with Gasteiger partial charge in [0.15, 0.2) is 0 Å². The van der Waals surface area contributed by atoms with Crippen molar-refractivity contribution in [3.63, 3.8) is 0 Å². The number of tetrazole rings is 1. The highest BCUT2D eigenvalue weighted by Crippen LogP contribution is 2.21. The van der Waals surface area contributed by atoms with Crippen LogP contribution in [0.25, 0.3) is 5.69 Å². The van der Waals surface area contributed by atoms with Crippen LogP contribution in [0.3, 0.4) is 0 Å². The number of nitrogens with zero attached hydrogens (tertiary/aromatic N) is 4. The maximum absolute atomic E-state index is 9.29. The molecule has 0 aliphatic heterocycles. The van der Waals surface area contributed by atoms with Crippen LogP contribution >= 0.6 is 11.8 Å². The van der Waals surface area contributed by atoms with Crippen molar-refractivity contribution in [2.24, 2.45) is 0 Å². The number of unbranched alkanes of at least 4 members (excludes halogenated alkanes) is 3. The average Bonchev–Trinajstić information content (AvgIpc) is 2.92. The van der Waals surface area contributed by atoms with Gasteiger partial charge < -0.3 is 5.11 Å². The van der Waals surface area contributed by atoms with Crippen molar-refractivity contribution in [1.82, 2.24) is 20.2 Å². The second-order valence-corrected chi connectivity index (χ2v) is 5.44. The van der Waals surface area contributed by atoms with Gasteiger partial charge in [0.2, 0.25) is 5.16 Å². The first-order chi connectivity index (χ1) is 9.81. The molecule has 1 aromatic carbocycles. The molecular weight excluding hydrogens is 272 g/mol. The zero-order chi connectivity index (χ0) is 14.2. The number of phenolic OH excluding ortho intramolecular Hbond substituents is 1. The topological polar surface area (TPSA) is 63.8 Å². The van der Waals surface area contributed by atoms with Crippen LogP contribution in [0, 0.1) is 0 Å². The number of phenols is 1. The fourth-order valence-corrected chi connectivity index (χ4v) is 2.65. The third-order valence-corrected chi connectivity index (χ3v) is 3.82. The summed E-state index contributed by atoms with van der Waals surface area (Å²) >= 11 is 1.65. The van der Waals surface area contributed by atoms with Gasteiger partial charge >= 0.3 is 0 Å². The molecule has 2 rings (SSSR count). The van der Waals surface area contributed by atoms with E-state index < -0.39 is 0 Å². The van der Waals surface area contributed by atoms with Gasteiger partial charge in [0.25, 0.3) is 0 Å². The molecule has 20 heavy (non-hydrogen) atoms. The molecule has 2 aromatic rings. The first kappa shape index (κ1) is 14.6. The van der Waals surface area contributed by atoms with E-state index in [0.717, 1.165) is 29.4 Å². The van der Waals surface area contributed by atoms with Crippen molar-refractivity contribution >= 4 is 11.8 Å². The van der Waals surface area contributed by atoms with E-state index in [1.807, 2.05) is 6.08 Å². The lowest BCUT2D eigenvalue weighted by Gasteiger charge is -2.04. The summed E-state index contributed by atoms with van der Waals surface area (Å²) in [6.07, 6.45) is 6.56. The smallest absolute Gasteiger partial charge is 0.214 e. The minimum Gasteiger partial charge on any atom is -0.508 e. The lowest BCUT2D eigenvalue weighted by molar-refractivity contribution is 0.475. The van der Waals surface area contributed by atoms with Gasteiger partial charge in [-0.15, -0.1) is 11.7 Å². The van der Waals surface area contributed by atoms with Gasteiger partial charge in [-0.1, -0.05) is 24.3 Å². The molecule has 106 valence electrons.